The molecule has 0 bridgehead atoms. The highest BCUT2D eigenvalue weighted by Gasteiger charge is 2.13. The monoisotopic (exact) mass is 276 g/mol. The zero-order valence-corrected chi connectivity index (χ0v) is 12.1. The van der Waals surface area contributed by atoms with Crippen LogP contribution in [0.2, 0.25) is 0 Å². The van der Waals surface area contributed by atoms with Crippen molar-refractivity contribution in [1.82, 2.24) is 4.90 Å². The van der Waals surface area contributed by atoms with Crippen molar-refractivity contribution in [3.05, 3.63) is 29.3 Å². The Morgan fingerprint density at radius 1 is 1.50 bits per heavy atom. The number of nitriles is 1. The second-order valence-corrected chi connectivity index (χ2v) is 5.10. The minimum absolute atomic E-state index is 0.000493. The Kier molecular flexibility index (Phi) is 6.01. The Morgan fingerprint density at radius 2 is 2.20 bits per heavy atom. The Morgan fingerprint density at radius 3 is 2.70 bits per heavy atom. The molecule has 0 heterocycles. The van der Waals surface area contributed by atoms with Gasteiger partial charge in [-0.2, -0.15) is 5.26 Å². The highest BCUT2D eigenvalue weighted by molar-refractivity contribution is 5.69. The molecule has 0 amide bonds. The van der Waals surface area contributed by atoms with E-state index < -0.39 is 5.97 Å². The minimum atomic E-state index is -0.841. The topological polar surface area (TPSA) is 73.6 Å². The number of hydrogen-bond donors (Lipinski definition) is 1. The molecule has 20 heavy (non-hydrogen) atoms. The molecule has 0 atom stereocenters. The predicted molar refractivity (Wildman–Crippen MR) is 75.5 cm³/mol. The lowest BCUT2D eigenvalue weighted by atomic mass is 10.1. The lowest BCUT2D eigenvalue weighted by molar-refractivity contribution is -0.138. The number of ether oxygens (including phenoxy) is 1. The van der Waals surface area contributed by atoms with Gasteiger partial charge in [-0.3, -0.25) is 9.69 Å². The van der Waals surface area contributed by atoms with Crippen molar-refractivity contribution >= 4 is 5.97 Å². The van der Waals surface area contributed by atoms with E-state index in [9.17, 15) is 4.79 Å². The van der Waals surface area contributed by atoms with Crippen molar-refractivity contribution in [2.75, 3.05) is 20.2 Å². The number of methoxy groups -OCH3 is 1. The molecular formula is C15H20N2O3. The van der Waals surface area contributed by atoms with Gasteiger partial charge in [0.2, 0.25) is 0 Å². The van der Waals surface area contributed by atoms with Crippen LogP contribution in [0, 0.1) is 17.2 Å². The lowest BCUT2D eigenvalue weighted by Gasteiger charge is -2.22. The van der Waals surface area contributed by atoms with Crippen LogP contribution in [0.15, 0.2) is 18.2 Å². The van der Waals surface area contributed by atoms with Crippen LogP contribution in [0.3, 0.4) is 0 Å². The molecule has 0 saturated carbocycles. The van der Waals surface area contributed by atoms with Crippen molar-refractivity contribution in [1.29, 1.82) is 5.26 Å². The first-order valence-corrected chi connectivity index (χ1v) is 6.47. The number of hydrogen-bond acceptors (Lipinski definition) is 4. The third-order valence-corrected chi connectivity index (χ3v) is 2.77. The second kappa shape index (κ2) is 7.51. The van der Waals surface area contributed by atoms with Crippen molar-refractivity contribution < 1.29 is 14.6 Å². The van der Waals surface area contributed by atoms with Gasteiger partial charge in [-0.15, -0.1) is 0 Å². The van der Waals surface area contributed by atoms with Gasteiger partial charge in [-0.05, 0) is 23.6 Å². The van der Waals surface area contributed by atoms with E-state index in [2.05, 4.69) is 6.07 Å². The van der Waals surface area contributed by atoms with Gasteiger partial charge in [0.1, 0.15) is 11.8 Å². The first-order valence-electron chi connectivity index (χ1n) is 6.47. The fraction of sp³-hybridized carbons (Fsp3) is 0.467. The summed E-state index contributed by atoms with van der Waals surface area (Å²) in [6, 6.07) is 7.37. The number of carbonyl (C=O) groups is 1. The molecule has 0 unspecified atom stereocenters. The average molecular weight is 276 g/mol. The van der Waals surface area contributed by atoms with Gasteiger partial charge in [-0.1, -0.05) is 19.9 Å². The van der Waals surface area contributed by atoms with Gasteiger partial charge in [0.15, 0.2) is 0 Å². The van der Waals surface area contributed by atoms with E-state index in [1.807, 2.05) is 24.8 Å². The maximum Gasteiger partial charge on any atom is 0.317 e. The molecule has 1 aromatic rings. The first-order chi connectivity index (χ1) is 9.46. The number of benzene rings is 1. The van der Waals surface area contributed by atoms with Crippen LogP contribution >= 0.6 is 0 Å². The van der Waals surface area contributed by atoms with Crippen LogP contribution < -0.4 is 4.74 Å². The summed E-state index contributed by atoms with van der Waals surface area (Å²) in [5.74, 6) is 0.0608. The summed E-state index contributed by atoms with van der Waals surface area (Å²) in [6.45, 7) is 5.32. The van der Waals surface area contributed by atoms with Gasteiger partial charge in [0, 0.05) is 13.1 Å². The molecule has 0 fully saturated rings. The third kappa shape index (κ3) is 4.90. The predicted octanol–water partition coefficient (Wildman–Crippen LogP) is 2.11. The normalized spacial score (nSPS) is 10.6. The number of aliphatic carboxylic acids is 1. The van der Waals surface area contributed by atoms with Crippen LogP contribution in [0.1, 0.15) is 25.0 Å². The van der Waals surface area contributed by atoms with E-state index in [0.717, 1.165) is 5.56 Å². The van der Waals surface area contributed by atoms with Crippen LogP contribution in [0.5, 0.6) is 5.75 Å². The molecule has 0 aliphatic rings. The van der Waals surface area contributed by atoms with E-state index in [0.29, 0.717) is 30.3 Å². The molecule has 0 radical (unpaired) electrons. The highest BCUT2D eigenvalue weighted by atomic mass is 16.5. The quantitative estimate of drug-likeness (QED) is 0.825. The van der Waals surface area contributed by atoms with Crippen LogP contribution in [0.25, 0.3) is 0 Å². The molecule has 1 rings (SSSR count). The molecule has 0 aliphatic heterocycles. The molecule has 0 aromatic heterocycles. The summed E-state index contributed by atoms with van der Waals surface area (Å²) in [5, 5.41) is 17.9. The number of nitrogens with zero attached hydrogens (tertiary/aromatic N) is 2. The highest BCUT2D eigenvalue weighted by Crippen LogP contribution is 2.20. The largest absolute Gasteiger partial charge is 0.495 e. The number of rotatable bonds is 7. The summed E-state index contributed by atoms with van der Waals surface area (Å²) >= 11 is 0. The van der Waals surface area contributed by atoms with E-state index >= 15 is 0 Å². The number of carboxylic acid groups (broad SMARTS) is 1. The molecule has 0 aliphatic carbocycles. The molecule has 1 aromatic carbocycles. The van der Waals surface area contributed by atoms with Gasteiger partial charge >= 0.3 is 5.97 Å². The van der Waals surface area contributed by atoms with Crippen LogP contribution in [-0.2, 0) is 11.3 Å². The van der Waals surface area contributed by atoms with Gasteiger partial charge in [0.05, 0.1) is 19.2 Å². The molecular weight excluding hydrogens is 256 g/mol. The van der Waals surface area contributed by atoms with E-state index in [1.165, 1.54) is 7.11 Å². The molecule has 0 spiro atoms. The van der Waals surface area contributed by atoms with E-state index in [1.54, 1.807) is 12.1 Å². The fourth-order valence-corrected chi connectivity index (χ4v) is 2.08. The van der Waals surface area contributed by atoms with Gasteiger partial charge in [-0.25, -0.2) is 0 Å². The summed E-state index contributed by atoms with van der Waals surface area (Å²) in [5.41, 5.74) is 1.41. The zero-order valence-electron chi connectivity index (χ0n) is 12.1. The fourth-order valence-electron chi connectivity index (χ4n) is 2.08. The Bertz CT molecular complexity index is 506. The lowest BCUT2D eigenvalue weighted by Crippen LogP contribution is -2.32. The van der Waals surface area contributed by atoms with Crippen molar-refractivity contribution in [2.45, 2.75) is 20.4 Å². The molecule has 5 heteroatoms. The van der Waals surface area contributed by atoms with E-state index in [4.69, 9.17) is 15.1 Å². The van der Waals surface area contributed by atoms with Crippen molar-refractivity contribution in [3.63, 3.8) is 0 Å². The van der Waals surface area contributed by atoms with Gasteiger partial charge < -0.3 is 9.84 Å². The van der Waals surface area contributed by atoms with E-state index in [-0.39, 0.29) is 6.54 Å². The molecule has 1 N–H and O–H groups in total. The summed E-state index contributed by atoms with van der Waals surface area (Å²) in [7, 11) is 1.52. The zero-order chi connectivity index (χ0) is 15.1. The van der Waals surface area contributed by atoms with Crippen LogP contribution in [-0.4, -0.2) is 36.2 Å². The molecule has 5 nitrogen and oxygen atoms in total. The molecule has 0 saturated heterocycles. The summed E-state index contributed by atoms with van der Waals surface area (Å²) in [6.07, 6.45) is 0. The van der Waals surface area contributed by atoms with Crippen molar-refractivity contribution in [2.24, 2.45) is 5.92 Å². The Hall–Kier alpha value is -2.06. The van der Waals surface area contributed by atoms with Gasteiger partial charge in [0.25, 0.3) is 0 Å². The first kappa shape index (κ1) is 16.0. The SMILES string of the molecule is COc1cc(CN(CC(=O)O)CC(C)C)ccc1C#N. The third-order valence-electron chi connectivity index (χ3n) is 2.77. The number of carboxylic acids is 1. The summed E-state index contributed by atoms with van der Waals surface area (Å²) in [4.78, 5) is 12.8. The maximum absolute atomic E-state index is 10.9. The average Bonchev–Trinajstić information content (AvgIpc) is 2.36. The minimum Gasteiger partial charge on any atom is -0.495 e. The Balaban J connectivity index is 2.87. The second-order valence-electron chi connectivity index (χ2n) is 5.10. The summed E-state index contributed by atoms with van der Waals surface area (Å²) < 4.78 is 5.16. The molecule has 108 valence electrons. The smallest absolute Gasteiger partial charge is 0.317 e. The van der Waals surface area contributed by atoms with Crippen molar-refractivity contribution in [3.8, 4) is 11.8 Å². The maximum atomic E-state index is 10.9. The van der Waals surface area contributed by atoms with Crippen LogP contribution in [0.4, 0.5) is 0 Å². The standard InChI is InChI=1S/C15H20N2O3/c1-11(2)8-17(10-15(18)19)9-12-4-5-13(7-16)14(6-12)20-3/h4-6,11H,8-10H2,1-3H3,(H,18,19). The Labute approximate surface area is 119 Å².